The van der Waals surface area contributed by atoms with Crippen molar-refractivity contribution in [3.05, 3.63) is 30.1 Å². The molecule has 0 aliphatic heterocycles. The molecule has 2 N–H and O–H groups in total. The minimum atomic E-state index is 0.138. The van der Waals surface area contributed by atoms with Gasteiger partial charge in [-0.05, 0) is 19.9 Å². The van der Waals surface area contributed by atoms with Crippen LogP contribution in [-0.2, 0) is 11.3 Å². The molecule has 2 aromatic heterocycles. The lowest BCUT2D eigenvalue weighted by molar-refractivity contribution is -0.494. The third kappa shape index (κ3) is 1.58. The molecule has 0 saturated heterocycles. The molecule has 0 aliphatic rings. The normalized spacial score (nSPS) is 10.8. The number of pyridine rings is 1. The molecule has 0 aromatic carbocycles. The van der Waals surface area contributed by atoms with Gasteiger partial charge in [0.25, 0.3) is 0 Å². The first-order valence-electron chi connectivity index (χ1n) is 4.85. The van der Waals surface area contributed by atoms with Crippen LogP contribution in [0, 0.1) is 6.92 Å². The Kier molecular flexibility index (Phi) is 2.19. The smallest absolute Gasteiger partial charge is 0.233 e. The largest absolute Gasteiger partial charge is 0.318 e. The summed E-state index contributed by atoms with van der Waals surface area (Å²) in [5, 5.41) is 0. The molecule has 0 bridgehead atoms. The Balaban J connectivity index is 2.68. The van der Waals surface area contributed by atoms with Crippen molar-refractivity contribution in [2.24, 2.45) is 0 Å². The van der Waals surface area contributed by atoms with Crippen LogP contribution in [0.3, 0.4) is 0 Å². The van der Waals surface area contributed by atoms with Crippen LogP contribution in [0.4, 0.5) is 5.82 Å². The summed E-state index contributed by atoms with van der Waals surface area (Å²) < 4.78 is 3.84. The van der Waals surface area contributed by atoms with E-state index in [1.165, 1.54) is 0 Å². The van der Waals surface area contributed by atoms with Crippen LogP contribution in [0.1, 0.15) is 12.6 Å². The number of carbonyl (C=O) groups excluding carboxylic acids is 1. The van der Waals surface area contributed by atoms with Gasteiger partial charge in [-0.2, -0.15) is 0 Å². The van der Waals surface area contributed by atoms with Gasteiger partial charge in [0.2, 0.25) is 11.5 Å². The number of ketones is 1. The number of nitrogens with two attached hydrogens (primary N) is 1. The van der Waals surface area contributed by atoms with Gasteiger partial charge in [-0.25, -0.2) is 4.40 Å². The van der Waals surface area contributed by atoms with E-state index < -0.39 is 0 Å². The average molecular weight is 204 g/mol. The lowest BCUT2D eigenvalue weighted by Crippen LogP contribution is -2.24. The second-order valence-corrected chi connectivity index (χ2v) is 3.74. The van der Waals surface area contributed by atoms with Crippen molar-refractivity contribution in [1.29, 1.82) is 0 Å². The Bertz CT molecular complexity index is 528. The number of fused-ring (bicyclic) bond motifs is 1. The van der Waals surface area contributed by atoms with Crippen molar-refractivity contribution < 1.29 is 9.20 Å². The van der Waals surface area contributed by atoms with Gasteiger partial charge in [0, 0.05) is 12.1 Å². The number of aryl methyl sites for hydroxylation is 1. The first kappa shape index (κ1) is 9.71. The Morgan fingerprint density at radius 1 is 1.53 bits per heavy atom. The van der Waals surface area contributed by atoms with E-state index in [1.54, 1.807) is 6.92 Å². The van der Waals surface area contributed by atoms with E-state index in [4.69, 9.17) is 5.73 Å². The van der Waals surface area contributed by atoms with Crippen molar-refractivity contribution in [2.75, 3.05) is 5.73 Å². The topological polar surface area (TPSA) is 52.1 Å². The third-order valence-electron chi connectivity index (χ3n) is 2.44. The van der Waals surface area contributed by atoms with E-state index in [-0.39, 0.29) is 5.78 Å². The number of nitrogen functional groups attached to an aromatic ring is 1. The molecular weight excluding hydrogens is 190 g/mol. The minimum Gasteiger partial charge on any atom is -0.318 e. The van der Waals surface area contributed by atoms with Gasteiger partial charge in [0.1, 0.15) is 18.4 Å². The van der Waals surface area contributed by atoms with Crippen molar-refractivity contribution in [2.45, 2.75) is 20.4 Å². The number of hydrogen-bond acceptors (Lipinski definition) is 2. The molecule has 0 amide bonds. The standard InChI is InChI=1S/C11H13N3O/c1-8-6-14-10(12)4-3-5-11(14)13(8)7-9(2)15/h3-6,12H,7H2,1-2H3/p+1. The molecule has 0 unspecified atom stereocenters. The Hall–Kier alpha value is -1.84. The highest BCUT2D eigenvalue weighted by molar-refractivity contribution is 5.75. The Morgan fingerprint density at radius 3 is 2.93 bits per heavy atom. The highest BCUT2D eigenvalue weighted by Gasteiger charge is 2.14. The monoisotopic (exact) mass is 204 g/mol. The summed E-state index contributed by atoms with van der Waals surface area (Å²) in [6, 6.07) is 5.68. The number of aromatic nitrogens is 2. The molecular formula is C11H14N3O+. The van der Waals surface area contributed by atoms with E-state index in [0.29, 0.717) is 12.4 Å². The Morgan fingerprint density at radius 2 is 2.27 bits per heavy atom. The predicted molar refractivity (Wildman–Crippen MR) is 57.4 cm³/mol. The quantitative estimate of drug-likeness (QED) is 0.732. The molecule has 2 aromatic rings. The molecule has 0 fully saturated rings. The lowest BCUT2D eigenvalue weighted by Gasteiger charge is -1.98. The van der Waals surface area contributed by atoms with E-state index >= 15 is 0 Å². The van der Waals surface area contributed by atoms with Gasteiger partial charge >= 0.3 is 0 Å². The Labute approximate surface area is 87.9 Å². The fraction of sp³-hybridized carbons (Fsp3) is 0.273. The van der Waals surface area contributed by atoms with Crippen LogP contribution in [0.25, 0.3) is 5.65 Å². The van der Waals surface area contributed by atoms with Crippen molar-refractivity contribution in [1.82, 2.24) is 4.57 Å². The molecule has 2 heterocycles. The average Bonchev–Trinajstić information content (AvgIpc) is 2.45. The SMILES string of the molecule is CC(=O)Cn1c(C)c[n+]2c(N)cccc12. The van der Waals surface area contributed by atoms with Gasteiger partial charge < -0.3 is 5.73 Å². The molecule has 4 heteroatoms. The van der Waals surface area contributed by atoms with Gasteiger partial charge in [-0.3, -0.25) is 9.36 Å². The van der Waals surface area contributed by atoms with Crippen LogP contribution in [0.5, 0.6) is 0 Å². The maximum absolute atomic E-state index is 11.1. The molecule has 0 saturated carbocycles. The van der Waals surface area contributed by atoms with E-state index in [1.807, 2.05) is 40.3 Å². The predicted octanol–water partition coefficient (Wildman–Crippen LogP) is 0.706. The van der Waals surface area contributed by atoms with Crippen LogP contribution < -0.4 is 10.1 Å². The van der Waals surface area contributed by atoms with E-state index in [9.17, 15) is 4.79 Å². The maximum Gasteiger partial charge on any atom is 0.233 e. The van der Waals surface area contributed by atoms with Crippen molar-refractivity contribution in [3.8, 4) is 0 Å². The number of hydrogen-bond donors (Lipinski definition) is 1. The van der Waals surface area contributed by atoms with Crippen molar-refractivity contribution in [3.63, 3.8) is 0 Å². The van der Waals surface area contributed by atoms with E-state index in [0.717, 1.165) is 11.3 Å². The molecule has 2 rings (SSSR count). The number of imidazole rings is 1. The number of carbonyl (C=O) groups is 1. The first-order chi connectivity index (χ1) is 7.09. The van der Waals surface area contributed by atoms with Gasteiger partial charge in [0.15, 0.2) is 5.78 Å². The minimum absolute atomic E-state index is 0.138. The highest BCUT2D eigenvalue weighted by atomic mass is 16.1. The number of nitrogens with zero attached hydrogens (tertiary/aromatic N) is 2. The highest BCUT2D eigenvalue weighted by Crippen LogP contribution is 2.07. The lowest BCUT2D eigenvalue weighted by atomic mass is 10.4. The fourth-order valence-corrected chi connectivity index (χ4v) is 1.75. The molecule has 0 aliphatic carbocycles. The molecule has 0 atom stereocenters. The molecule has 0 spiro atoms. The third-order valence-corrected chi connectivity index (χ3v) is 2.44. The van der Waals surface area contributed by atoms with Gasteiger partial charge in [-0.1, -0.05) is 0 Å². The summed E-state index contributed by atoms with van der Waals surface area (Å²) in [6.45, 7) is 3.95. The van der Waals surface area contributed by atoms with E-state index in [2.05, 4.69) is 0 Å². The maximum atomic E-state index is 11.1. The van der Waals surface area contributed by atoms with Crippen LogP contribution in [0.15, 0.2) is 24.4 Å². The summed E-state index contributed by atoms with van der Waals surface area (Å²) in [6.07, 6.45) is 1.94. The zero-order chi connectivity index (χ0) is 11.0. The number of rotatable bonds is 2. The number of anilines is 1. The summed E-state index contributed by atoms with van der Waals surface area (Å²) in [4.78, 5) is 11.1. The summed E-state index contributed by atoms with van der Waals surface area (Å²) >= 11 is 0. The summed E-state index contributed by atoms with van der Waals surface area (Å²) in [5.74, 6) is 0.816. The zero-order valence-corrected chi connectivity index (χ0v) is 8.90. The first-order valence-corrected chi connectivity index (χ1v) is 4.85. The summed E-state index contributed by atoms with van der Waals surface area (Å²) in [7, 11) is 0. The van der Waals surface area contributed by atoms with Crippen LogP contribution in [0.2, 0.25) is 0 Å². The zero-order valence-electron chi connectivity index (χ0n) is 8.90. The number of Topliss-reactive ketones (excluding diaryl/α,β-unsaturated/α-hetero) is 1. The summed E-state index contributed by atoms with van der Waals surface area (Å²) in [5.41, 5.74) is 7.81. The van der Waals surface area contributed by atoms with Crippen molar-refractivity contribution >= 4 is 17.2 Å². The van der Waals surface area contributed by atoms with Crippen LogP contribution in [-0.4, -0.2) is 10.4 Å². The molecule has 0 radical (unpaired) electrons. The fourth-order valence-electron chi connectivity index (χ4n) is 1.75. The molecule has 78 valence electrons. The van der Waals surface area contributed by atoms with Gasteiger partial charge in [-0.15, -0.1) is 0 Å². The molecule has 15 heavy (non-hydrogen) atoms. The van der Waals surface area contributed by atoms with Gasteiger partial charge in [0.05, 0.1) is 0 Å². The second-order valence-electron chi connectivity index (χ2n) is 3.74. The molecule has 4 nitrogen and oxygen atoms in total. The second kappa shape index (κ2) is 3.38. The van der Waals surface area contributed by atoms with Crippen LogP contribution >= 0.6 is 0 Å².